The van der Waals surface area contributed by atoms with E-state index in [1.807, 2.05) is 4.98 Å². The Bertz CT molecular complexity index is 582. The topological polar surface area (TPSA) is 165 Å². The van der Waals surface area contributed by atoms with E-state index in [9.17, 15) is 24.9 Å². The average Bonchev–Trinajstić information content (AvgIpc) is 2.46. The maximum atomic E-state index is 11.4. The highest BCUT2D eigenvalue weighted by molar-refractivity contribution is 5.01. The van der Waals surface area contributed by atoms with Crippen LogP contribution in [0.15, 0.2) is 15.8 Å². The van der Waals surface area contributed by atoms with Gasteiger partial charge in [-0.25, -0.2) is 4.79 Å². The van der Waals surface area contributed by atoms with Crippen molar-refractivity contribution in [3.8, 4) is 0 Å². The van der Waals surface area contributed by atoms with Crippen LogP contribution >= 0.6 is 0 Å². The maximum Gasteiger partial charge on any atom is 0.325 e. The van der Waals surface area contributed by atoms with Gasteiger partial charge in [0.25, 0.3) is 5.56 Å². The van der Waals surface area contributed by atoms with Crippen LogP contribution in [-0.4, -0.2) is 67.7 Å². The first kappa shape index (κ1) is 15.8. The van der Waals surface area contributed by atoms with Crippen molar-refractivity contribution < 1.29 is 29.9 Å². The van der Waals surface area contributed by atoms with Crippen molar-refractivity contribution in [1.29, 1.82) is 0 Å². The second-order valence-corrected chi connectivity index (χ2v) is 4.61. The van der Waals surface area contributed by atoms with Crippen LogP contribution in [0, 0.1) is 0 Å². The zero-order chi connectivity index (χ0) is 15.6. The Morgan fingerprint density at radius 2 is 1.90 bits per heavy atom. The summed E-state index contributed by atoms with van der Waals surface area (Å²) >= 11 is 0. The van der Waals surface area contributed by atoms with Crippen LogP contribution in [0.2, 0.25) is 0 Å². The molecule has 6 N–H and O–H groups in total. The molecule has 1 aliphatic rings. The third-order valence-corrected chi connectivity index (χ3v) is 3.15. The molecular formula is C11H16N2O8. The fraction of sp³-hybridized carbons (Fsp3) is 0.636. The van der Waals surface area contributed by atoms with Gasteiger partial charge in [0.05, 0.1) is 18.8 Å². The minimum atomic E-state index is -1.56. The maximum absolute atomic E-state index is 11.4. The molecule has 1 aromatic rings. The Labute approximate surface area is 117 Å². The van der Waals surface area contributed by atoms with Crippen molar-refractivity contribution in [3.05, 3.63) is 32.6 Å². The van der Waals surface area contributed by atoms with E-state index in [0.717, 1.165) is 6.20 Å². The number of nitrogens with one attached hydrogen (secondary N) is 2. The summed E-state index contributed by atoms with van der Waals surface area (Å²) in [5.74, 6) is 0. The first-order valence-electron chi connectivity index (χ1n) is 6.17. The van der Waals surface area contributed by atoms with Gasteiger partial charge in [-0.3, -0.25) is 9.78 Å². The van der Waals surface area contributed by atoms with Gasteiger partial charge in [-0.1, -0.05) is 0 Å². The average molecular weight is 304 g/mol. The number of hydrogen-bond acceptors (Lipinski definition) is 8. The monoisotopic (exact) mass is 304 g/mol. The van der Waals surface area contributed by atoms with Gasteiger partial charge in [0.1, 0.15) is 24.4 Å². The summed E-state index contributed by atoms with van der Waals surface area (Å²) in [7, 11) is 0. The van der Waals surface area contributed by atoms with Gasteiger partial charge in [-0.2, -0.15) is 0 Å². The minimum absolute atomic E-state index is 0.0755. The smallest absolute Gasteiger partial charge is 0.325 e. The molecule has 1 aromatic heterocycles. The number of H-pyrrole nitrogens is 2. The molecule has 0 bridgehead atoms. The molecule has 0 amide bonds. The van der Waals surface area contributed by atoms with Crippen molar-refractivity contribution in [2.24, 2.45) is 0 Å². The van der Waals surface area contributed by atoms with Crippen LogP contribution in [0.1, 0.15) is 5.56 Å². The van der Waals surface area contributed by atoms with Crippen molar-refractivity contribution in [3.63, 3.8) is 0 Å². The summed E-state index contributed by atoms with van der Waals surface area (Å²) < 4.78 is 10.3. The van der Waals surface area contributed by atoms with Crippen LogP contribution in [0.5, 0.6) is 0 Å². The number of aromatic nitrogens is 2. The highest BCUT2D eigenvalue weighted by Gasteiger charge is 2.44. The van der Waals surface area contributed by atoms with E-state index in [1.54, 1.807) is 0 Å². The molecule has 0 aliphatic carbocycles. The predicted octanol–water partition coefficient (Wildman–Crippen LogP) is -3.62. The summed E-state index contributed by atoms with van der Waals surface area (Å²) in [5, 5.41) is 37.9. The quantitative estimate of drug-likeness (QED) is 0.332. The molecule has 10 nitrogen and oxygen atoms in total. The number of rotatable bonds is 4. The second-order valence-electron chi connectivity index (χ2n) is 4.61. The number of aliphatic hydroxyl groups is 4. The normalized spacial score (nSPS) is 33.0. The van der Waals surface area contributed by atoms with E-state index in [0.29, 0.717) is 0 Å². The van der Waals surface area contributed by atoms with Gasteiger partial charge in [0.15, 0.2) is 6.29 Å². The van der Waals surface area contributed by atoms with Gasteiger partial charge in [-0.05, 0) is 0 Å². The van der Waals surface area contributed by atoms with Crippen LogP contribution in [0.25, 0.3) is 0 Å². The lowest BCUT2D eigenvalue weighted by molar-refractivity contribution is -0.304. The molecule has 5 atom stereocenters. The molecule has 0 spiro atoms. The van der Waals surface area contributed by atoms with Gasteiger partial charge in [0, 0.05) is 6.20 Å². The summed E-state index contributed by atoms with van der Waals surface area (Å²) in [6.45, 7) is -0.890. The molecular weight excluding hydrogens is 288 g/mol. The molecule has 21 heavy (non-hydrogen) atoms. The largest absolute Gasteiger partial charge is 0.394 e. The third kappa shape index (κ3) is 3.37. The van der Waals surface area contributed by atoms with Crippen molar-refractivity contribution >= 4 is 0 Å². The first-order valence-corrected chi connectivity index (χ1v) is 6.17. The number of aliphatic hydroxyl groups excluding tert-OH is 4. The summed E-state index contributed by atoms with van der Waals surface area (Å²) in [6.07, 6.45) is -5.89. The zero-order valence-corrected chi connectivity index (χ0v) is 10.8. The van der Waals surface area contributed by atoms with Crippen LogP contribution in [-0.2, 0) is 16.1 Å². The van der Waals surface area contributed by atoms with E-state index in [2.05, 4.69) is 4.98 Å². The highest BCUT2D eigenvalue weighted by atomic mass is 16.7. The molecule has 1 fully saturated rings. The Hall–Kier alpha value is -1.56. The Kier molecular flexibility index (Phi) is 4.88. The van der Waals surface area contributed by atoms with Crippen molar-refractivity contribution in [2.75, 3.05) is 6.61 Å². The Morgan fingerprint density at radius 1 is 1.19 bits per heavy atom. The SMILES string of the molecule is O=c1[nH]cc(CO[C@@H]2O[C@H](CO)[C@@H](O)[C@H](O)[C@H]2O)c(=O)[nH]1. The molecule has 0 radical (unpaired) electrons. The number of aromatic amines is 2. The molecule has 2 heterocycles. The van der Waals surface area contributed by atoms with Gasteiger partial charge >= 0.3 is 5.69 Å². The third-order valence-electron chi connectivity index (χ3n) is 3.15. The van der Waals surface area contributed by atoms with Crippen LogP contribution in [0.3, 0.4) is 0 Å². The minimum Gasteiger partial charge on any atom is -0.394 e. The van der Waals surface area contributed by atoms with E-state index in [4.69, 9.17) is 14.6 Å². The molecule has 0 unspecified atom stereocenters. The van der Waals surface area contributed by atoms with Gasteiger partial charge < -0.3 is 34.9 Å². The highest BCUT2D eigenvalue weighted by Crippen LogP contribution is 2.22. The summed E-state index contributed by atoms with van der Waals surface area (Å²) in [6, 6.07) is 0. The lowest BCUT2D eigenvalue weighted by atomic mass is 9.99. The predicted molar refractivity (Wildman–Crippen MR) is 66.2 cm³/mol. The number of hydrogen-bond donors (Lipinski definition) is 6. The van der Waals surface area contributed by atoms with Gasteiger partial charge in [-0.15, -0.1) is 0 Å². The molecule has 0 aromatic carbocycles. The molecule has 1 aliphatic heterocycles. The van der Waals surface area contributed by atoms with E-state index >= 15 is 0 Å². The molecule has 0 saturated carbocycles. The van der Waals surface area contributed by atoms with Crippen LogP contribution < -0.4 is 11.2 Å². The first-order chi connectivity index (χ1) is 9.93. The molecule has 10 heteroatoms. The van der Waals surface area contributed by atoms with Crippen molar-refractivity contribution in [1.82, 2.24) is 9.97 Å². The number of ether oxygens (including phenoxy) is 2. The fourth-order valence-electron chi connectivity index (χ4n) is 1.92. The van der Waals surface area contributed by atoms with Crippen LogP contribution in [0.4, 0.5) is 0 Å². The summed E-state index contributed by atoms with van der Waals surface area (Å²) in [4.78, 5) is 26.5. The molecule has 118 valence electrons. The lowest BCUT2D eigenvalue weighted by Crippen LogP contribution is -2.59. The lowest BCUT2D eigenvalue weighted by Gasteiger charge is -2.39. The van der Waals surface area contributed by atoms with E-state index < -0.39 is 48.6 Å². The van der Waals surface area contributed by atoms with Crippen molar-refractivity contribution in [2.45, 2.75) is 37.3 Å². The second kappa shape index (κ2) is 6.47. The summed E-state index contributed by atoms with van der Waals surface area (Å²) in [5.41, 5.74) is -1.26. The Balaban J connectivity index is 2.05. The molecule has 1 saturated heterocycles. The van der Waals surface area contributed by atoms with E-state index in [-0.39, 0.29) is 12.2 Å². The van der Waals surface area contributed by atoms with E-state index in [1.165, 1.54) is 0 Å². The van der Waals surface area contributed by atoms with Gasteiger partial charge in [0.2, 0.25) is 0 Å². The Morgan fingerprint density at radius 3 is 2.52 bits per heavy atom. The standard InChI is InChI=1S/C11H16N2O8/c14-2-5-6(15)7(16)8(17)10(21-5)20-3-4-1-12-11(19)13-9(4)18/h1,5-8,10,14-17H,2-3H2,(H2,12,13,18,19)/t5-,6-,7+,8-,10-/m1/s1. The fourth-order valence-corrected chi connectivity index (χ4v) is 1.92. The zero-order valence-electron chi connectivity index (χ0n) is 10.8. The molecule has 2 rings (SSSR count).